The third kappa shape index (κ3) is 2.39. The predicted octanol–water partition coefficient (Wildman–Crippen LogP) is 0.102. The fraction of sp³-hybridized carbons (Fsp3) is 0.692. The van der Waals surface area contributed by atoms with E-state index in [1.54, 1.807) is 11.8 Å². The molecule has 0 aliphatic carbocycles. The van der Waals surface area contributed by atoms with Crippen molar-refractivity contribution in [2.75, 3.05) is 13.1 Å². The Balaban J connectivity index is 2.16. The lowest BCUT2D eigenvalue weighted by Gasteiger charge is -2.34. The van der Waals surface area contributed by atoms with Crippen molar-refractivity contribution in [2.24, 2.45) is 5.92 Å². The van der Waals surface area contributed by atoms with E-state index in [9.17, 15) is 19.2 Å². The summed E-state index contributed by atoms with van der Waals surface area (Å²) in [6.45, 7) is 4.54. The zero-order valence-electron chi connectivity index (χ0n) is 11.7. The van der Waals surface area contributed by atoms with Gasteiger partial charge in [-0.1, -0.05) is 6.92 Å². The van der Waals surface area contributed by atoms with E-state index in [1.807, 2.05) is 0 Å². The van der Waals surface area contributed by atoms with Crippen LogP contribution < -0.4 is 5.32 Å². The van der Waals surface area contributed by atoms with Gasteiger partial charge in [0.15, 0.2) is 0 Å². The molecule has 0 saturated carbocycles. The molecule has 2 aliphatic heterocycles. The third-order valence-electron chi connectivity index (χ3n) is 3.87. The van der Waals surface area contributed by atoms with Gasteiger partial charge in [0.1, 0.15) is 12.0 Å². The van der Waals surface area contributed by atoms with Crippen LogP contribution in [0.1, 0.15) is 33.1 Å². The molecule has 110 valence electrons. The van der Waals surface area contributed by atoms with Crippen LogP contribution in [0.5, 0.6) is 0 Å². The number of rotatable bonds is 3. The fourth-order valence-corrected chi connectivity index (χ4v) is 2.67. The van der Waals surface area contributed by atoms with Crippen LogP contribution in [0.15, 0.2) is 0 Å². The Kier molecular flexibility index (Phi) is 4.06. The van der Waals surface area contributed by atoms with Gasteiger partial charge in [-0.05, 0) is 26.2 Å². The Morgan fingerprint density at radius 1 is 1.30 bits per heavy atom. The summed E-state index contributed by atoms with van der Waals surface area (Å²) in [4.78, 5) is 50.4. The topological polar surface area (TPSA) is 86.8 Å². The maximum Gasteiger partial charge on any atom is 0.331 e. The molecule has 0 bridgehead atoms. The Morgan fingerprint density at radius 3 is 2.45 bits per heavy atom. The number of likely N-dealkylation sites (tertiary alicyclic amines) is 1. The van der Waals surface area contributed by atoms with Crippen LogP contribution in [0, 0.1) is 5.92 Å². The molecule has 7 nitrogen and oxygen atoms in total. The number of nitrogens with zero attached hydrogens (tertiary/aromatic N) is 2. The molecule has 1 N–H and O–H groups in total. The molecule has 2 heterocycles. The van der Waals surface area contributed by atoms with Crippen molar-refractivity contribution < 1.29 is 19.2 Å². The summed E-state index contributed by atoms with van der Waals surface area (Å²) in [5, 5.41) is 2.14. The number of barbiturate groups is 1. The normalized spacial score (nSPS) is 24.9. The second kappa shape index (κ2) is 5.60. The van der Waals surface area contributed by atoms with Crippen LogP contribution in [0.2, 0.25) is 0 Å². The van der Waals surface area contributed by atoms with E-state index in [4.69, 9.17) is 0 Å². The van der Waals surface area contributed by atoms with E-state index >= 15 is 0 Å². The Hall–Kier alpha value is -1.92. The molecule has 2 unspecified atom stereocenters. The van der Waals surface area contributed by atoms with Gasteiger partial charge in [-0.15, -0.1) is 0 Å². The molecule has 0 aromatic rings. The van der Waals surface area contributed by atoms with Gasteiger partial charge in [0.05, 0.1) is 0 Å². The maximum atomic E-state index is 12.3. The Bertz CT molecular complexity index is 457. The summed E-state index contributed by atoms with van der Waals surface area (Å²) in [6, 6.07) is -1.67. The van der Waals surface area contributed by atoms with E-state index in [2.05, 4.69) is 5.32 Å². The molecule has 2 saturated heterocycles. The first kappa shape index (κ1) is 14.5. The molecule has 0 aromatic heterocycles. The minimum atomic E-state index is -0.887. The van der Waals surface area contributed by atoms with Gasteiger partial charge in [0.25, 0.3) is 0 Å². The highest BCUT2D eigenvalue weighted by molar-refractivity contribution is 6.17. The SMILES string of the molecule is CCC1C(=O)NC(=O)N(C(C)C(=O)N2CCCC2)C1=O. The lowest BCUT2D eigenvalue weighted by molar-refractivity contribution is -0.149. The minimum Gasteiger partial charge on any atom is -0.341 e. The van der Waals surface area contributed by atoms with Crippen molar-refractivity contribution >= 4 is 23.8 Å². The highest BCUT2D eigenvalue weighted by Crippen LogP contribution is 2.19. The van der Waals surface area contributed by atoms with Crippen molar-refractivity contribution in [3.05, 3.63) is 0 Å². The van der Waals surface area contributed by atoms with E-state index in [1.165, 1.54) is 6.92 Å². The van der Waals surface area contributed by atoms with Crippen LogP contribution in [0.4, 0.5) is 4.79 Å². The lowest BCUT2D eigenvalue weighted by atomic mass is 10.0. The Morgan fingerprint density at radius 2 is 1.90 bits per heavy atom. The monoisotopic (exact) mass is 281 g/mol. The van der Waals surface area contributed by atoms with Crippen molar-refractivity contribution in [3.8, 4) is 0 Å². The Labute approximate surface area is 117 Å². The number of nitrogens with one attached hydrogen (secondary N) is 1. The van der Waals surface area contributed by atoms with Crippen molar-refractivity contribution in [1.82, 2.24) is 15.1 Å². The number of imide groups is 2. The molecular formula is C13H19N3O4. The molecule has 7 heteroatoms. The number of carbonyl (C=O) groups is 4. The number of hydrogen-bond acceptors (Lipinski definition) is 4. The first-order valence-corrected chi connectivity index (χ1v) is 6.94. The van der Waals surface area contributed by atoms with Gasteiger partial charge in [-0.3, -0.25) is 24.6 Å². The van der Waals surface area contributed by atoms with Crippen molar-refractivity contribution in [3.63, 3.8) is 0 Å². The molecular weight excluding hydrogens is 262 g/mol. The largest absolute Gasteiger partial charge is 0.341 e. The fourth-order valence-electron chi connectivity index (χ4n) is 2.67. The number of amides is 5. The average molecular weight is 281 g/mol. The molecule has 20 heavy (non-hydrogen) atoms. The molecule has 0 radical (unpaired) electrons. The van der Waals surface area contributed by atoms with Gasteiger partial charge in [-0.2, -0.15) is 0 Å². The summed E-state index contributed by atoms with van der Waals surface area (Å²) in [5.74, 6) is -2.29. The van der Waals surface area contributed by atoms with Crippen LogP contribution in [-0.2, 0) is 14.4 Å². The smallest absolute Gasteiger partial charge is 0.331 e. The third-order valence-corrected chi connectivity index (χ3v) is 3.87. The van der Waals surface area contributed by atoms with Crippen LogP contribution in [0.3, 0.4) is 0 Å². The number of hydrogen-bond donors (Lipinski definition) is 1. The standard InChI is InChI=1S/C13H19N3O4/c1-3-9-10(17)14-13(20)16(12(9)19)8(2)11(18)15-6-4-5-7-15/h8-9H,3-7H2,1-2H3,(H,14,17,20). The van der Waals surface area contributed by atoms with Gasteiger partial charge >= 0.3 is 6.03 Å². The zero-order valence-corrected chi connectivity index (χ0v) is 11.7. The van der Waals surface area contributed by atoms with E-state index < -0.39 is 29.8 Å². The first-order valence-electron chi connectivity index (χ1n) is 6.94. The van der Waals surface area contributed by atoms with Crippen LogP contribution >= 0.6 is 0 Å². The van der Waals surface area contributed by atoms with Gasteiger partial charge in [-0.25, -0.2) is 4.79 Å². The second-order valence-electron chi connectivity index (χ2n) is 5.17. The highest BCUT2D eigenvalue weighted by Gasteiger charge is 2.44. The van der Waals surface area contributed by atoms with Gasteiger partial charge in [0.2, 0.25) is 17.7 Å². The summed E-state index contributed by atoms with van der Waals surface area (Å²) < 4.78 is 0. The van der Waals surface area contributed by atoms with Crippen LogP contribution in [-0.4, -0.2) is 52.7 Å². The van der Waals surface area contributed by atoms with Crippen molar-refractivity contribution in [2.45, 2.75) is 39.2 Å². The maximum absolute atomic E-state index is 12.3. The number of urea groups is 1. The summed E-state index contributed by atoms with van der Waals surface area (Å²) >= 11 is 0. The lowest BCUT2D eigenvalue weighted by Crippen LogP contribution is -2.62. The summed E-state index contributed by atoms with van der Waals surface area (Å²) in [7, 11) is 0. The van der Waals surface area contributed by atoms with Gasteiger partial charge in [0, 0.05) is 13.1 Å². The van der Waals surface area contributed by atoms with E-state index in [0.29, 0.717) is 19.5 Å². The summed E-state index contributed by atoms with van der Waals surface area (Å²) in [6.07, 6.45) is 2.18. The second-order valence-corrected chi connectivity index (χ2v) is 5.17. The summed E-state index contributed by atoms with van der Waals surface area (Å²) in [5.41, 5.74) is 0. The molecule has 2 fully saturated rings. The van der Waals surface area contributed by atoms with E-state index in [-0.39, 0.29) is 5.91 Å². The quantitative estimate of drug-likeness (QED) is 0.743. The first-order chi connectivity index (χ1) is 9.47. The molecule has 0 aromatic carbocycles. The zero-order chi connectivity index (χ0) is 14.9. The van der Waals surface area contributed by atoms with Crippen LogP contribution in [0.25, 0.3) is 0 Å². The molecule has 0 spiro atoms. The number of carbonyl (C=O) groups excluding carboxylic acids is 4. The van der Waals surface area contributed by atoms with Gasteiger partial charge < -0.3 is 4.90 Å². The van der Waals surface area contributed by atoms with Crippen molar-refractivity contribution in [1.29, 1.82) is 0 Å². The highest BCUT2D eigenvalue weighted by atomic mass is 16.2. The molecule has 5 amide bonds. The average Bonchev–Trinajstić information content (AvgIpc) is 2.91. The molecule has 2 aliphatic rings. The molecule has 2 atom stereocenters. The predicted molar refractivity (Wildman–Crippen MR) is 69.4 cm³/mol. The minimum absolute atomic E-state index is 0.241. The van der Waals surface area contributed by atoms with E-state index in [0.717, 1.165) is 17.7 Å². The molecule has 2 rings (SSSR count).